The number of hydrogen-bond donors (Lipinski definition) is 1. The van der Waals surface area contributed by atoms with Crippen molar-refractivity contribution in [2.24, 2.45) is 5.92 Å². The van der Waals surface area contributed by atoms with E-state index in [2.05, 4.69) is 32.4 Å². The number of thiazole rings is 1. The zero-order valence-corrected chi connectivity index (χ0v) is 17.8. The van der Waals surface area contributed by atoms with Gasteiger partial charge < -0.3 is 10.1 Å². The van der Waals surface area contributed by atoms with Gasteiger partial charge in [-0.25, -0.2) is 15.0 Å². The fourth-order valence-electron chi connectivity index (χ4n) is 3.62. The van der Waals surface area contributed by atoms with Crippen molar-refractivity contribution in [1.29, 1.82) is 0 Å². The van der Waals surface area contributed by atoms with Crippen LogP contribution in [0.5, 0.6) is 5.75 Å². The van der Waals surface area contributed by atoms with E-state index in [-0.39, 0.29) is 17.2 Å². The zero-order valence-electron chi connectivity index (χ0n) is 17.0. The van der Waals surface area contributed by atoms with Crippen LogP contribution in [0.4, 0.5) is 5.13 Å². The molecule has 1 saturated carbocycles. The van der Waals surface area contributed by atoms with Crippen molar-refractivity contribution in [3.63, 3.8) is 0 Å². The summed E-state index contributed by atoms with van der Waals surface area (Å²) >= 11 is 1.51. The average Bonchev–Trinajstić information content (AvgIpc) is 3.35. The van der Waals surface area contributed by atoms with Crippen LogP contribution in [-0.2, 0) is 10.2 Å². The number of aromatic nitrogens is 3. The number of ether oxygens (including phenoxy) is 1. The summed E-state index contributed by atoms with van der Waals surface area (Å²) in [5.74, 6) is 1.19. The summed E-state index contributed by atoms with van der Waals surface area (Å²) in [6, 6.07) is 10.1. The molecule has 6 nitrogen and oxygen atoms in total. The molecule has 0 bridgehead atoms. The van der Waals surface area contributed by atoms with Crippen molar-refractivity contribution in [2.75, 3.05) is 11.9 Å². The van der Waals surface area contributed by atoms with Crippen LogP contribution in [0.1, 0.15) is 34.1 Å². The molecule has 4 rings (SSSR count). The van der Waals surface area contributed by atoms with Gasteiger partial charge in [0.2, 0.25) is 5.91 Å². The van der Waals surface area contributed by atoms with Crippen LogP contribution < -0.4 is 10.1 Å². The van der Waals surface area contributed by atoms with Crippen LogP contribution in [0.15, 0.2) is 36.5 Å². The number of nitrogens with zero attached hydrogens (tertiary/aromatic N) is 3. The molecule has 1 aliphatic carbocycles. The van der Waals surface area contributed by atoms with Crippen molar-refractivity contribution in [2.45, 2.75) is 39.5 Å². The standard InChI is InChI=1S/C22H24N4O2S/c1-13-15(3)29-21(25-13)26-20(27)18-10-22(18,17-8-6-5-7-9-17)12-28-19-11-23-16(4)24-14(19)2/h5-9,11,18H,10,12H2,1-4H3,(H,25,26,27)/t18-,22+/m0/s1. The Morgan fingerprint density at radius 2 is 1.93 bits per heavy atom. The summed E-state index contributed by atoms with van der Waals surface area (Å²) < 4.78 is 6.11. The molecule has 0 spiro atoms. The van der Waals surface area contributed by atoms with Crippen molar-refractivity contribution < 1.29 is 9.53 Å². The predicted octanol–water partition coefficient (Wildman–Crippen LogP) is 4.14. The number of nitrogens with one attached hydrogen (secondary N) is 1. The monoisotopic (exact) mass is 408 g/mol. The molecule has 29 heavy (non-hydrogen) atoms. The summed E-state index contributed by atoms with van der Waals surface area (Å²) in [7, 11) is 0. The highest BCUT2D eigenvalue weighted by molar-refractivity contribution is 7.15. The van der Waals surface area contributed by atoms with Crippen molar-refractivity contribution in [1.82, 2.24) is 15.0 Å². The SMILES string of the molecule is Cc1ncc(OC[C@@]2(c3ccccc3)C[C@H]2C(=O)Nc2nc(C)c(C)s2)c(C)n1. The highest BCUT2D eigenvalue weighted by atomic mass is 32.1. The highest BCUT2D eigenvalue weighted by Gasteiger charge is 2.60. The number of amides is 1. The predicted molar refractivity (Wildman–Crippen MR) is 113 cm³/mol. The minimum absolute atomic E-state index is 0.0110. The van der Waals surface area contributed by atoms with Crippen LogP contribution in [0.25, 0.3) is 0 Å². The molecule has 2 heterocycles. The molecular formula is C22H24N4O2S. The van der Waals surface area contributed by atoms with Crippen LogP contribution in [0.2, 0.25) is 0 Å². The third kappa shape index (κ3) is 3.87. The molecule has 1 N–H and O–H groups in total. The maximum atomic E-state index is 13.0. The normalized spacial score (nSPS) is 20.3. The number of benzene rings is 1. The topological polar surface area (TPSA) is 77.0 Å². The van der Waals surface area contributed by atoms with Gasteiger partial charge in [-0.3, -0.25) is 4.79 Å². The Bertz CT molecular complexity index is 1030. The van der Waals surface area contributed by atoms with E-state index in [1.165, 1.54) is 11.3 Å². The molecule has 0 unspecified atom stereocenters. The van der Waals surface area contributed by atoms with Gasteiger partial charge in [-0.2, -0.15) is 0 Å². The summed E-state index contributed by atoms with van der Waals surface area (Å²) in [5.41, 5.74) is 2.51. The van der Waals surface area contributed by atoms with Gasteiger partial charge in [0.05, 0.1) is 30.1 Å². The van der Waals surface area contributed by atoms with Crippen LogP contribution >= 0.6 is 11.3 Å². The molecule has 0 saturated heterocycles. The number of aryl methyl sites for hydroxylation is 4. The Labute approximate surface area is 174 Å². The maximum Gasteiger partial charge on any atom is 0.230 e. The van der Waals surface area contributed by atoms with E-state index in [0.717, 1.165) is 28.2 Å². The molecule has 0 radical (unpaired) electrons. The maximum absolute atomic E-state index is 13.0. The molecular weight excluding hydrogens is 384 g/mol. The van der Waals surface area contributed by atoms with E-state index in [9.17, 15) is 4.79 Å². The summed E-state index contributed by atoms with van der Waals surface area (Å²) in [6.45, 7) is 8.12. The van der Waals surface area contributed by atoms with Crippen LogP contribution in [-0.4, -0.2) is 27.5 Å². The Hall–Kier alpha value is -2.80. The van der Waals surface area contributed by atoms with Gasteiger partial charge in [0.25, 0.3) is 0 Å². The molecule has 7 heteroatoms. The molecule has 0 aliphatic heterocycles. The Morgan fingerprint density at radius 3 is 2.59 bits per heavy atom. The van der Waals surface area contributed by atoms with Gasteiger partial charge in [-0.15, -0.1) is 11.3 Å². The lowest BCUT2D eigenvalue weighted by Gasteiger charge is -2.19. The van der Waals surface area contributed by atoms with Crippen molar-refractivity contribution in [3.05, 3.63) is 64.2 Å². The number of hydrogen-bond acceptors (Lipinski definition) is 6. The molecule has 2 aromatic heterocycles. The summed E-state index contributed by atoms with van der Waals surface area (Å²) in [6.07, 6.45) is 2.44. The second-order valence-electron chi connectivity index (χ2n) is 7.58. The van der Waals surface area contributed by atoms with E-state index in [1.807, 2.05) is 45.9 Å². The third-order valence-electron chi connectivity index (χ3n) is 5.54. The van der Waals surface area contributed by atoms with Crippen LogP contribution in [0.3, 0.4) is 0 Å². The molecule has 2 atom stereocenters. The average molecular weight is 409 g/mol. The smallest absolute Gasteiger partial charge is 0.230 e. The third-order valence-corrected chi connectivity index (χ3v) is 6.53. The van der Waals surface area contributed by atoms with Gasteiger partial charge in [0.15, 0.2) is 10.9 Å². The lowest BCUT2D eigenvalue weighted by Crippen LogP contribution is -2.26. The Morgan fingerprint density at radius 1 is 1.17 bits per heavy atom. The Kier molecular flexibility index (Phi) is 5.08. The molecule has 150 valence electrons. The minimum atomic E-state index is -0.357. The first kappa shape index (κ1) is 19.5. The second-order valence-corrected chi connectivity index (χ2v) is 8.79. The highest BCUT2D eigenvalue weighted by Crippen LogP contribution is 2.55. The van der Waals surface area contributed by atoms with Crippen molar-refractivity contribution in [3.8, 4) is 5.75 Å². The van der Waals surface area contributed by atoms with Gasteiger partial charge >= 0.3 is 0 Å². The van der Waals surface area contributed by atoms with Crippen LogP contribution in [0, 0.1) is 33.6 Å². The molecule has 1 fully saturated rings. The van der Waals surface area contributed by atoms with Gasteiger partial charge in [-0.05, 0) is 39.7 Å². The summed E-state index contributed by atoms with van der Waals surface area (Å²) in [4.78, 5) is 27.1. The summed E-state index contributed by atoms with van der Waals surface area (Å²) in [5, 5.41) is 3.65. The first-order valence-electron chi connectivity index (χ1n) is 9.62. The molecule has 1 amide bonds. The molecule has 1 aromatic carbocycles. The first-order valence-corrected chi connectivity index (χ1v) is 10.4. The van der Waals surface area contributed by atoms with Gasteiger partial charge in [-0.1, -0.05) is 30.3 Å². The first-order chi connectivity index (χ1) is 13.9. The van der Waals surface area contributed by atoms with Gasteiger partial charge in [0, 0.05) is 10.3 Å². The number of carbonyl (C=O) groups excluding carboxylic acids is 1. The number of anilines is 1. The number of rotatable bonds is 6. The zero-order chi connectivity index (χ0) is 20.6. The number of carbonyl (C=O) groups is 1. The molecule has 3 aromatic rings. The molecule has 1 aliphatic rings. The minimum Gasteiger partial charge on any atom is -0.489 e. The lowest BCUT2D eigenvalue weighted by molar-refractivity contribution is -0.117. The van der Waals surface area contributed by atoms with Gasteiger partial charge in [0.1, 0.15) is 5.82 Å². The van der Waals surface area contributed by atoms with E-state index in [4.69, 9.17) is 4.74 Å². The second kappa shape index (κ2) is 7.55. The van der Waals surface area contributed by atoms with E-state index in [1.54, 1.807) is 6.20 Å². The largest absolute Gasteiger partial charge is 0.489 e. The van der Waals surface area contributed by atoms with E-state index in [0.29, 0.717) is 23.3 Å². The van der Waals surface area contributed by atoms with E-state index < -0.39 is 0 Å². The fraction of sp³-hybridized carbons (Fsp3) is 0.364. The Balaban J connectivity index is 1.54. The lowest BCUT2D eigenvalue weighted by atomic mass is 9.94. The fourth-order valence-corrected chi connectivity index (χ4v) is 4.44. The van der Waals surface area contributed by atoms with Crippen molar-refractivity contribution >= 4 is 22.4 Å². The quantitative estimate of drug-likeness (QED) is 0.663. The van der Waals surface area contributed by atoms with E-state index >= 15 is 0 Å².